The maximum absolute atomic E-state index is 13.0. The summed E-state index contributed by atoms with van der Waals surface area (Å²) in [5.74, 6) is 0.923. The van der Waals surface area contributed by atoms with E-state index in [-0.39, 0.29) is 12.2 Å². The van der Waals surface area contributed by atoms with E-state index in [0.717, 1.165) is 19.0 Å². The molecule has 0 saturated carbocycles. The van der Waals surface area contributed by atoms with Crippen molar-refractivity contribution in [2.75, 3.05) is 0 Å². The van der Waals surface area contributed by atoms with Crippen LogP contribution in [-0.4, -0.2) is 15.9 Å². The van der Waals surface area contributed by atoms with Crippen molar-refractivity contribution < 1.29 is 4.74 Å². The molecule has 0 amide bonds. The molecule has 174 valence electrons. The molecule has 0 fully saturated rings. The van der Waals surface area contributed by atoms with Crippen LogP contribution in [-0.2, 0) is 13.0 Å². The third kappa shape index (κ3) is 5.57. The largest absolute Gasteiger partial charge is 0.486 e. The maximum Gasteiger partial charge on any atom is 0.282 e. The lowest BCUT2D eigenvalue weighted by molar-refractivity contribution is 0.306. The van der Waals surface area contributed by atoms with Crippen molar-refractivity contribution in [3.05, 3.63) is 99.3 Å². The predicted molar refractivity (Wildman–Crippen MR) is 149 cm³/mol. The Labute approximate surface area is 231 Å². The van der Waals surface area contributed by atoms with Gasteiger partial charge in [0.15, 0.2) is 5.75 Å². The second-order valence-corrected chi connectivity index (χ2v) is 10.7. The van der Waals surface area contributed by atoms with Gasteiger partial charge in [0.2, 0.25) is 0 Å². The highest BCUT2D eigenvalue weighted by Crippen LogP contribution is 2.35. The molecule has 5 nitrogen and oxygen atoms in total. The van der Waals surface area contributed by atoms with Gasteiger partial charge in [-0.1, -0.05) is 84.0 Å². The molecule has 0 aliphatic rings. The maximum atomic E-state index is 13.0. The van der Waals surface area contributed by atoms with Crippen LogP contribution in [0.25, 0.3) is 10.9 Å². The molecule has 0 saturated heterocycles. The van der Waals surface area contributed by atoms with Gasteiger partial charge in [0, 0.05) is 25.4 Å². The second-order valence-electron chi connectivity index (χ2n) is 7.24. The molecule has 0 radical (unpaired) electrons. The summed E-state index contributed by atoms with van der Waals surface area (Å²) in [4.78, 5) is 17.6. The molecule has 1 aromatic heterocycles. The fraction of sp³-hybridized carbons (Fsp3) is 0.125. The predicted octanol–water partition coefficient (Wildman–Crippen LogP) is 8.01. The molecule has 0 atom stereocenters. The Balaban J connectivity index is 1.62. The minimum atomic E-state index is -0.253. The van der Waals surface area contributed by atoms with Crippen molar-refractivity contribution in [2.24, 2.45) is 5.10 Å². The smallest absolute Gasteiger partial charge is 0.282 e. The van der Waals surface area contributed by atoms with Crippen LogP contribution in [0.1, 0.15) is 23.9 Å². The fourth-order valence-electron chi connectivity index (χ4n) is 3.25. The number of benzene rings is 3. The average molecular weight is 689 g/mol. The quantitative estimate of drug-likeness (QED) is 0.193. The minimum Gasteiger partial charge on any atom is -0.486 e. The first-order chi connectivity index (χ1) is 16.3. The first-order valence-corrected chi connectivity index (χ1v) is 13.2. The molecule has 1 heterocycles. The van der Waals surface area contributed by atoms with Gasteiger partial charge in [0.1, 0.15) is 12.4 Å². The lowest BCUT2D eigenvalue weighted by atomic mass is 10.2. The Bertz CT molecular complexity index is 1470. The molecule has 0 N–H and O–H groups in total. The number of aryl methyl sites for hydroxylation is 1. The Morgan fingerprint density at radius 1 is 1.03 bits per heavy atom. The molecule has 0 aliphatic carbocycles. The first-order valence-electron chi connectivity index (χ1n) is 10.1. The molecule has 0 bridgehead atoms. The zero-order chi connectivity index (χ0) is 24.4. The van der Waals surface area contributed by atoms with Crippen molar-refractivity contribution in [1.29, 1.82) is 0 Å². The molecule has 0 spiro atoms. The van der Waals surface area contributed by atoms with Crippen LogP contribution < -0.4 is 10.3 Å². The lowest BCUT2D eigenvalue weighted by Crippen LogP contribution is -2.22. The van der Waals surface area contributed by atoms with Crippen LogP contribution in [0.2, 0.25) is 10.0 Å². The first kappa shape index (κ1) is 25.4. The zero-order valence-electron chi connectivity index (χ0n) is 17.7. The molecule has 0 aliphatic heterocycles. The number of halogens is 5. The Morgan fingerprint density at radius 3 is 2.38 bits per heavy atom. The van der Waals surface area contributed by atoms with Crippen LogP contribution >= 0.6 is 71.0 Å². The highest BCUT2D eigenvalue weighted by molar-refractivity contribution is 9.11. The van der Waals surface area contributed by atoms with E-state index in [9.17, 15) is 4.79 Å². The molecule has 34 heavy (non-hydrogen) atoms. The van der Waals surface area contributed by atoms with Crippen molar-refractivity contribution in [2.45, 2.75) is 20.0 Å². The van der Waals surface area contributed by atoms with Gasteiger partial charge in [0.05, 0.1) is 27.2 Å². The number of hydrogen-bond donors (Lipinski definition) is 0. The summed E-state index contributed by atoms with van der Waals surface area (Å²) in [5, 5.41) is 5.54. The van der Waals surface area contributed by atoms with Crippen LogP contribution in [0.15, 0.2) is 71.8 Å². The third-order valence-corrected chi connectivity index (χ3v) is 7.21. The minimum absolute atomic E-state index is 0.253. The molecule has 4 aromatic rings. The van der Waals surface area contributed by atoms with Crippen molar-refractivity contribution in [3.63, 3.8) is 0 Å². The van der Waals surface area contributed by atoms with Gasteiger partial charge in [-0.25, -0.2) is 4.98 Å². The third-order valence-electron chi connectivity index (χ3n) is 4.92. The van der Waals surface area contributed by atoms with E-state index in [2.05, 4.69) is 57.9 Å². The van der Waals surface area contributed by atoms with Crippen LogP contribution in [0.4, 0.5) is 0 Å². The van der Waals surface area contributed by atoms with Gasteiger partial charge in [-0.05, 0) is 48.0 Å². The van der Waals surface area contributed by atoms with Gasteiger partial charge >= 0.3 is 0 Å². The Morgan fingerprint density at radius 2 is 1.71 bits per heavy atom. The fourth-order valence-corrected chi connectivity index (χ4v) is 5.38. The summed E-state index contributed by atoms with van der Waals surface area (Å²) in [5.41, 5.74) is 1.94. The average Bonchev–Trinajstić information content (AvgIpc) is 2.79. The van der Waals surface area contributed by atoms with Gasteiger partial charge in [-0.3, -0.25) is 4.79 Å². The van der Waals surface area contributed by atoms with E-state index in [4.69, 9.17) is 27.9 Å². The van der Waals surface area contributed by atoms with Gasteiger partial charge in [-0.15, -0.1) is 0 Å². The van der Waals surface area contributed by atoms with E-state index in [0.29, 0.717) is 44.5 Å². The number of hydrogen-bond acceptors (Lipinski definition) is 4. The van der Waals surface area contributed by atoms with Gasteiger partial charge in [-0.2, -0.15) is 9.78 Å². The molecule has 0 unspecified atom stereocenters. The van der Waals surface area contributed by atoms with Crippen LogP contribution in [0, 0.1) is 0 Å². The zero-order valence-corrected chi connectivity index (χ0v) is 23.9. The van der Waals surface area contributed by atoms with Crippen molar-refractivity contribution in [1.82, 2.24) is 9.66 Å². The lowest BCUT2D eigenvalue weighted by Gasteiger charge is -2.12. The number of aromatic nitrogens is 2. The summed E-state index contributed by atoms with van der Waals surface area (Å²) >= 11 is 23.3. The van der Waals surface area contributed by atoms with Gasteiger partial charge < -0.3 is 4.74 Å². The topological polar surface area (TPSA) is 56.5 Å². The number of nitrogens with zero attached hydrogens (tertiary/aromatic N) is 3. The summed E-state index contributed by atoms with van der Waals surface area (Å²) in [6.45, 7) is 2.20. The summed E-state index contributed by atoms with van der Waals surface area (Å²) in [6, 6.07) is 14.6. The van der Waals surface area contributed by atoms with E-state index in [1.165, 1.54) is 10.9 Å². The molecule has 3 aromatic carbocycles. The van der Waals surface area contributed by atoms with Crippen LogP contribution in [0.3, 0.4) is 0 Å². The van der Waals surface area contributed by atoms with Crippen molar-refractivity contribution in [3.8, 4) is 5.75 Å². The normalized spacial score (nSPS) is 11.5. The Kier molecular flexibility index (Phi) is 8.15. The van der Waals surface area contributed by atoms with E-state index < -0.39 is 0 Å². The number of ether oxygens (including phenoxy) is 1. The highest BCUT2D eigenvalue weighted by Gasteiger charge is 2.12. The Hall–Kier alpha value is -1.71. The summed E-state index contributed by atoms with van der Waals surface area (Å²) in [6.07, 6.45) is 2.07. The summed E-state index contributed by atoms with van der Waals surface area (Å²) < 4.78 is 9.84. The second kappa shape index (κ2) is 10.9. The van der Waals surface area contributed by atoms with E-state index in [1.807, 2.05) is 31.2 Å². The monoisotopic (exact) mass is 685 g/mol. The molecule has 10 heteroatoms. The van der Waals surface area contributed by atoms with Gasteiger partial charge in [0.25, 0.3) is 5.56 Å². The number of fused-ring (bicyclic) bond motifs is 1. The number of rotatable bonds is 6. The standard InChI is InChI=1S/C24H16Br3Cl2N3O2/c1-2-22-31-21-6-5-15(25)9-17(21)24(33)32(22)30-11-13-7-19(28)23(20(29)8-13)34-12-14-3-4-16(26)10-18(14)27/h3-11H,2,12H2,1H3. The van der Waals surface area contributed by atoms with Crippen molar-refractivity contribution >= 4 is 88.1 Å². The SMILES string of the molecule is CCc1nc2ccc(Br)cc2c(=O)n1N=Cc1cc(Cl)c(OCc2ccc(Br)cc2Br)c(Cl)c1. The summed E-state index contributed by atoms with van der Waals surface area (Å²) in [7, 11) is 0. The van der Waals surface area contributed by atoms with E-state index in [1.54, 1.807) is 24.3 Å². The molecular formula is C24H16Br3Cl2N3O2. The highest BCUT2D eigenvalue weighted by atomic mass is 79.9. The molecular weight excluding hydrogens is 673 g/mol. The van der Waals surface area contributed by atoms with E-state index >= 15 is 0 Å². The van der Waals surface area contributed by atoms with Crippen LogP contribution in [0.5, 0.6) is 5.75 Å². The molecule has 4 rings (SSSR count).